The fourth-order valence-electron chi connectivity index (χ4n) is 2.12. The number of carbonyl (C=O) groups is 1. The number of benzene rings is 1. The number of aromatic amines is 1. The summed E-state index contributed by atoms with van der Waals surface area (Å²) in [5, 5.41) is 7.40. The Kier molecular flexibility index (Phi) is 3.31. The highest BCUT2D eigenvalue weighted by atomic mass is 16.5. The number of H-pyrrole nitrogens is 1. The molecule has 1 aromatic carbocycles. The summed E-state index contributed by atoms with van der Waals surface area (Å²) < 4.78 is 4.98. The van der Waals surface area contributed by atoms with Gasteiger partial charge in [0.15, 0.2) is 5.82 Å². The van der Waals surface area contributed by atoms with Gasteiger partial charge in [-0.25, -0.2) is 0 Å². The van der Waals surface area contributed by atoms with Crippen molar-refractivity contribution in [3.05, 3.63) is 41.7 Å². The SMILES string of the molecule is Cc1noc(CCNC(=O)c2cc3cccc(N)c3[nH]2)n1. The summed E-state index contributed by atoms with van der Waals surface area (Å²) >= 11 is 0. The Morgan fingerprint density at radius 3 is 3.05 bits per heavy atom. The van der Waals surface area contributed by atoms with Crippen molar-refractivity contribution in [1.82, 2.24) is 20.4 Å². The smallest absolute Gasteiger partial charge is 0.267 e. The van der Waals surface area contributed by atoms with Crippen LogP contribution >= 0.6 is 0 Å². The van der Waals surface area contributed by atoms with Gasteiger partial charge in [-0.3, -0.25) is 4.79 Å². The summed E-state index contributed by atoms with van der Waals surface area (Å²) in [5.74, 6) is 0.901. The van der Waals surface area contributed by atoms with E-state index in [2.05, 4.69) is 20.4 Å². The minimum absolute atomic E-state index is 0.193. The molecule has 0 unspecified atom stereocenters. The summed E-state index contributed by atoms with van der Waals surface area (Å²) in [4.78, 5) is 19.2. The van der Waals surface area contributed by atoms with Gasteiger partial charge in [-0.15, -0.1) is 0 Å². The maximum Gasteiger partial charge on any atom is 0.267 e. The molecule has 0 radical (unpaired) electrons. The number of hydrogen-bond acceptors (Lipinski definition) is 5. The molecule has 7 nitrogen and oxygen atoms in total. The lowest BCUT2D eigenvalue weighted by Gasteiger charge is -2.00. The molecule has 7 heteroatoms. The molecule has 3 aromatic rings. The van der Waals surface area contributed by atoms with Crippen LogP contribution in [0.4, 0.5) is 5.69 Å². The second-order valence-corrected chi connectivity index (χ2v) is 4.74. The third kappa shape index (κ3) is 2.71. The standard InChI is InChI=1S/C14H15N5O2/c1-8-17-12(21-19-8)5-6-16-14(20)11-7-9-3-2-4-10(15)13(9)18-11/h2-4,7,18H,5-6,15H2,1H3,(H,16,20). The topological polar surface area (TPSA) is 110 Å². The van der Waals surface area contributed by atoms with Crippen LogP contribution in [0.3, 0.4) is 0 Å². The molecule has 108 valence electrons. The van der Waals surface area contributed by atoms with Crippen molar-refractivity contribution in [1.29, 1.82) is 0 Å². The molecule has 0 fully saturated rings. The van der Waals surface area contributed by atoms with Crippen molar-refractivity contribution in [2.75, 3.05) is 12.3 Å². The van der Waals surface area contributed by atoms with Crippen LogP contribution in [-0.4, -0.2) is 27.6 Å². The van der Waals surface area contributed by atoms with E-state index in [1.165, 1.54) is 0 Å². The minimum Gasteiger partial charge on any atom is -0.397 e. The molecule has 2 heterocycles. The van der Waals surface area contributed by atoms with E-state index in [0.29, 0.717) is 36.1 Å². The first-order chi connectivity index (χ1) is 10.1. The number of carbonyl (C=O) groups excluding carboxylic acids is 1. The van der Waals surface area contributed by atoms with Gasteiger partial charge in [-0.2, -0.15) is 4.98 Å². The maximum absolute atomic E-state index is 12.1. The number of aromatic nitrogens is 3. The molecule has 21 heavy (non-hydrogen) atoms. The molecule has 3 rings (SSSR count). The number of nitrogens with one attached hydrogen (secondary N) is 2. The summed E-state index contributed by atoms with van der Waals surface area (Å²) in [6.07, 6.45) is 0.495. The number of para-hydroxylation sites is 1. The maximum atomic E-state index is 12.1. The average molecular weight is 285 g/mol. The lowest BCUT2D eigenvalue weighted by atomic mass is 10.2. The van der Waals surface area contributed by atoms with E-state index < -0.39 is 0 Å². The number of amides is 1. The van der Waals surface area contributed by atoms with Crippen LogP contribution in [0.15, 0.2) is 28.8 Å². The first-order valence-electron chi connectivity index (χ1n) is 6.58. The molecule has 4 N–H and O–H groups in total. The third-order valence-electron chi connectivity index (χ3n) is 3.13. The Labute approximate surface area is 120 Å². The Balaban J connectivity index is 1.65. The number of nitrogens with two attached hydrogens (primary N) is 1. The van der Waals surface area contributed by atoms with E-state index in [9.17, 15) is 4.79 Å². The van der Waals surface area contributed by atoms with Crippen LogP contribution in [0.1, 0.15) is 22.2 Å². The van der Waals surface area contributed by atoms with Gasteiger partial charge >= 0.3 is 0 Å². The van der Waals surface area contributed by atoms with Crippen molar-refractivity contribution < 1.29 is 9.32 Å². The quantitative estimate of drug-likeness (QED) is 0.628. The largest absolute Gasteiger partial charge is 0.397 e. The first kappa shape index (κ1) is 13.2. The van der Waals surface area contributed by atoms with Gasteiger partial charge < -0.3 is 20.6 Å². The highest BCUT2D eigenvalue weighted by Gasteiger charge is 2.11. The monoisotopic (exact) mass is 285 g/mol. The zero-order valence-electron chi connectivity index (χ0n) is 11.5. The molecule has 0 spiro atoms. The molecule has 2 aromatic heterocycles. The van der Waals surface area contributed by atoms with E-state index in [4.69, 9.17) is 10.3 Å². The van der Waals surface area contributed by atoms with E-state index in [-0.39, 0.29) is 5.91 Å². The molecule has 1 amide bonds. The number of hydrogen-bond donors (Lipinski definition) is 3. The van der Waals surface area contributed by atoms with Gasteiger partial charge in [0.2, 0.25) is 5.89 Å². The van der Waals surface area contributed by atoms with Crippen molar-refractivity contribution >= 4 is 22.5 Å². The molecule has 0 saturated carbocycles. The van der Waals surface area contributed by atoms with Crippen LogP contribution in [0, 0.1) is 6.92 Å². The Morgan fingerprint density at radius 2 is 2.33 bits per heavy atom. The van der Waals surface area contributed by atoms with Gasteiger partial charge in [-0.05, 0) is 19.1 Å². The van der Waals surface area contributed by atoms with Gasteiger partial charge in [0.25, 0.3) is 5.91 Å². The van der Waals surface area contributed by atoms with Crippen LogP contribution in [0.5, 0.6) is 0 Å². The molecule has 0 aliphatic heterocycles. The number of anilines is 1. The molecule has 0 aliphatic rings. The van der Waals surface area contributed by atoms with E-state index in [1.807, 2.05) is 12.1 Å². The van der Waals surface area contributed by atoms with Gasteiger partial charge in [0, 0.05) is 18.4 Å². The van der Waals surface area contributed by atoms with E-state index in [1.54, 1.807) is 19.1 Å². The van der Waals surface area contributed by atoms with Crippen LogP contribution in [0.2, 0.25) is 0 Å². The summed E-state index contributed by atoms with van der Waals surface area (Å²) in [5.41, 5.74) is 7.73. The van der Waals surface area contributed by atoms with Crippen molar-refractivity contribution in [2.24, 2.45) is 0 Å². The number of nitrogens with zero attached hydrogens (tertiary/aromatic N) is 2. The van der Waals surface area contributed by atoms with Crippen LogP contribution in [-0.2, 0) is 6.42 Å². The van der Waals surface area contributed by atoms with Crippen LogP contribution < -0.4 is 11.1 Å². The van der Waals surface area contributed by atoms with Gasteiger partial charge in [0.1, 0.15) is 5.69 Å². The molecule has 0 bridgehead atoms. The first-order valence-corrected chi connectivity index (χ1v) is 6.58. The lowest BCUT2D eigenvalue weighted by molar-refractivity contribution is 0.0949. The fraction of sp³-hybridized carbons (Fsp3) is 0.214. The average Bonchev–Trinajstić information content (AvgIpc) is 3.06. The molecular formula is C14H15N5O2. The lowest BCUT2D eigenvalue weighted by Crippen LogP contribution is -2.26. The van der Waals surface area contributed by atoms with E-state index >= 15 is 0 Å². The molecule has 0 aliphatic carbocycles. The number of aryl methyl sites for hydroxylation is 1. The zero-order valence-corrected chi connectivity index (χ0v) is 11.5. The van der Waals surface area contributed by atoms with Crippen molar-refractivity contribution in [2.45, 2.75) is 13.3 Å². The zero-order chi connectivity index (χ0) is 14.8. The predicted octanol–water partition coefficient (Wildman–Crippen LogP) is 1.41. The predicted molar refractivity (Wildman–Crippen MR) is 77.8 cm³/mol. The van der Waals surface area contributed by atoms with Crippen molar-refractivity contribution in [3.8, 4) is 0 Å². The summed E-state index contributed by atoms with van der Waals surface area (Å²) in [6, 6.07) is 7.32. The summed E-state index contributed by atoms with van der Waals surface area (Å²) in [6.45, 7) is 2.17. The van der Waals surface area contributed by atoms with Gasteiger partial charge in [0.05, 0.1) is 11.2 Å². The number of nitrogen functional groups attached to an aromatic ring is 1. The van der Waals surface area contributed by atoms with Crippen LogP contribution in [0.25, 0.3) is 10.9 Å². The number of rotatable bonds is 4. The summed E-state index contributed by atoms with van der Waals surface area (Å²) in [7, 11) is 0. The number of fused-ring (bicyclic) bond motifs is 1. The fourth-order valence-corrected chi connectivity index (χ4v) is 2.12. The van der Waals surface area contributed by atoms with Crippen molar-refractivity contribution in [3.63, 3.8) is 0 Å². The minimum atomic E-state index is -0.193. The van der Waals surface area contributed by atoms with E-state index in [0.717, 1.165) is 10.9 Å². The normalized spacial score (nSPS) is 10.9. The van der Waals surface area contributed by atoms with Gasteiger partial charge in [-0.1, -0.05) is 17.3 Å². The molecule has 0 saturated heterocycles. The highest BCUT2D eigenvalue weighted by Crippen LogP contribution is 2.20. The Hall–Kier alpha value is -2.83. The third-order valence-corrected chi connectivity index (χ3v) is 3.13. The molecule has 0 atom stereocenters. The highest BCUT2D eigenvalue weighted by molar-refractivity contribution is 6.00. The second kappa shape index (κ2) is 5.28. The Bertz CT molecular complexity index is 790. The molecular weight excluding hydrogens is 270 g/mol. The Morgan fingerprint density at radius 1 is 1.48 bits per heavy atom. The second-order valence-electron chi connectivity index (χ2n) is 4.74.